The molecule has 0 aliphatic heterocycles. The largest absolute Gasteiger partial charge is 0.469 e. The second-order valence-electron chi connectivity index (χ2n) is 5.27. The summed E-state index contributed by atoms with van der Waals surface area (Å²) in [6.45, 7) is 0. The van der Waals surface area contributed by atoms with Crippen LogP contribution in [-0.4, -0.2) is 30.5 Å². The smallest absolute Gasteiger partial charge is 0.306 e. The van der Waals surface area contributed by atoms with Crippen molar-refractivity contribution in [3.63, 3.8) is 0 Å². The number of anilines is 1. The standard InChI is InChI=1S/C15H18INO3S/c1-20-14(19)8-15(6-7-15)10-21-9-13(18)17-12-5-3-2-4-11(12)16/h2-5H,6-10H2,1H3,(H,17,18). The molecule has 1 amide bonds. The second-order valence-corrected chi connectivity index (χ2v) is 7.42. The molecule has 0 atom stereocenters. The van der Waals surface area contributed by atoms with E-state index < -0.39 is 0 Å². The maximum atomic E-state index is 11.9. The van der Waals surface area contributed by atoms with Gasteiger partial charge in [0.15, 0.2) is 0 Å². The molecule has 0 spiro atoms. The summed E-state index contributed by atoms with van der Waals surface area (Å²) in [5, 5.41) is 2.91. The van der Waals surface area contributed by atoms with E-state index in [-0.39, 0.29) is 17.3 Å². The highest BCUT2D eigenvalue weighted by Crippen LogP contribution is 2.51. The molecule has 0 saturated heterocycles. The SMILES string of the molecule is COC(=O)CC1(CSCC(=O)Nc2ccccc2I)CC1. The fourth-order valence-electron chi connectivity index (χ4n) is 2.04. The van der Waals surface area contributed by atoms with E-state index >= 15 is 0 Å². The number of thioether (sulfide) groups is 1. The molecule has 2 rings (SSSR count). The highest BCUT2D eigenvalue weighted by molar-refractivity contribution is 14.1. The van der Waals surface area contributed by atoms with E-state index in [0.717, 1.165) is 27.9 Å². The van der Waals surface area contributed by atoms with Crippen LogP contribution in [0.4, 0.5) is 5.69 Å². The van der Waals surface area contributed by atoms with E-state index in [1.807, 2.05) is 24.3 Å². The van der Waals surface area contributed by atoms with E-state index in [2.05, 4.69) is 27.9 Å². The van der Waals surface area contributed by atoms with Crippen molar-refractivity contribution >= 4 is 51.9 Å². The first kappa shape index (κ1) is 16.6. The number of carbonyl (C=O) groups is 2. The topological polar surface area (TPSA) is 55.4 Å². The molecule has 114 valence electrons. The summed E-state index contributed by atoms with van der Waals surface area (Å²) in [7, 11) is 1.42. The van der Waals surface area contributed by atoms with E-state index in [9.17, 15) is 9.59 Å². The molecule has 1 saturated carbocycles. The van der Waals surface area contributed by atoms with Gasteiger partial charge in [-0.2, -0.15) is 11.8 Å². The number of hydrogen-bond donors (Lipinski definition) is 1. The van der Waals surface area contributed by atoms with Crippen molar-refractivity contribution in [1.29, 1.82) is 0 Å². The van der Waals surface area contributed by atoms with E-state index in [1.54, 1.807) is 11.8 Å². The Hall–Kier alpha value is -0.760. The third kappa shape index (κ3) is 5.18. The molecule has 1 fully saturated rings. The molecule has 0 aromatic heterocycles. The van der Waals surface area contributed by atoms with Crippen molar-refractivity contribution in [2.24, 2.45) is 5.41 Å². The Morgan fingerprint density at radius 2 is 2.10 bits per heavy atom. The minimum Gasteiger partial charge on any atom is -0.469 e. The highest BCUT2D eigenvalue weighted by atomic mass is 127. The Labute approximate surface area is 142 Å². The molecule has 21 heavy (non-hydrogen) atoms. The number of amides is 1. The zero-order valence-corrected chi connectivity index (χ0v) is 14.8. The van der Waals surface area contributed by atoms with Crippen LogP contribution >= 0.6 is 34.4 Å². The second kappa shape index (κ2) is 7.49. The molecule has 1 aromatic carbocycles. The first-order valence-electron chi connectivity index (χ1n) is 6.74. The number of rotatable bonds is 7. The van der Waals surface area contributed by atoms with Gasteiger partial charge in [0, 0.05) is 3.57 Å². The van der Waals surface area contributed by atoms with E-state index in [0.29, 0.717) is 12.2 Å². The molecule has 6 heteroatoms. The number of benzene rings is 1. The Morgan fingerprint density at radius 1 is 1.38 bits per heavy atom. The van der Waals surface area contributed by atoms with Gasteiger partial charge in [0.25, 0.3) is 0 Å². The van der Waals surface area contributed by atoms with Crippen LogP contribution in [0.1, 0.15) is 19.3 Å². The lowest BCUT2D eigenvalue weighted by atomic mass is 10.1. The van der Waals surface area contributed by atoms with Crippen LogP contribution < -0.4 is 5.32 Å². The first-order valence-corrected chi connectivity index (χ1v) is 8.97. The van der Waals surface area contributed by atoms with Gasteiger partial charge in [0.05, 0.1) is 25.0 Å². The summed E-state index contributed by atoms with van der Waals surface area (Å²) in [4.78, 5) is 23.3. The summed E-state index contributed by atoms with van der Waals surface area (Å²) in [5.74, 6) is 1.09. The molecule has 0 bridgehead atoms. The predicted octanol–water partition coefficient (Wildman–Crippen LogP) is 3.31. The maximum absolute atomic E-state index is 11.9. The molecule has 1 aliphatic carbocycles. The third-order valence-electron chi connectivity index (χ3n) is 3.49. The van der Waals surface area contributed by atoms with Crippen LogP contribution in [0.3, 0.4) is 0 Å². The number of ether oxygens (including phenoxy) is 1. The first-order chi connectivity index (χ1) is 10.0. The fraction of sp³-hybridized carbons (Fsp3) is 0.467. The Balaban J connectivity index is 1.73. The number of halogens is 1. The summed E-state index contributed by atoms with van der Waals surface area (Å²) in [6.07, 6.45) is 2.56. The van der Waals surface area contributed by atoms with Gasteiger partial charge in [-0.25, -0.2) is 0 Å². The van der Waals surface area contributed by atoms with Gasteiger partial charge >= 0.3 is 5.97 Å². The quantitative estimate of drug-likeness (QED) is 0.545. The number of esters is 1. The van der Waals surface area contributed by atoms with E-state index in [1.165, 1.54) is 7.11 Å². The van der Waals surface area contributed by atoms with Crippen LogP contribution in [-0.2, 0) is 14.3 Å². The van der Waals surface area contributed by atoms with E-state index in [4.69, 9.17) is 4.74 Å². The lowest BCUT2D eigenvalue weighted by Crippen LogP contribution is -2.18. The van der Waals surface area contributed by atoms with Crippen molar-refractivity contribution in [3.05, 3.63) is 27.8 Å². The van der Waals surface area contributed by atoms with Gasteiger partial charge < -0.3 is 10.1 Å². The molecular weight excluding hydrogens is 401 g/mol. The number of nitrogens with one attached hydrogen (secondary N) is 1. The van der Waals surface area contributed by atoms with Gasteiger partial charge in [0.1, 0.15) is 0 Å². The third-order valence-corrected chi connectivity index (χ3v) is 5.72. The fourth-order valence-corrected chi connectivity index (χ4v) is 3.74. The van der Waals surface area contributed by atoms with Crippen LogP contribution in [0, 0.1) is 8.99 Å². The molecule has 4 nitrogen and oxygen atoms in total. The van der Waals surface area contributed by atoms with Crippen LogP contribution in [0.15, 0.2) is 24.3 Å². The lowest BCUT2D eigenvalue weighted by molar-refractivity contribution is -0.141. The highest BCUT2D eigenvalue weighted by Gasteiger charge is 2.44. The van der Waals surface area contributed by atoms with Gasteiger partial charge in [-0.3, -0.25) is 9.59 Å². The summed E-state index contributed by atoms with van der Waals surface area (Å²) in [5.41, 5.74) is 0.915. The Bertz CT molecular complexity index is 531. The Morgan fingerprint density at radius 3 is 2.71 bits per heavy atom. The van der Waals surface area contributed by atoms with Crippen LogP contribution in [0.25, 0.3) is 0 Å². The normalized spacial score (nSPS) is 15.3. The zero-order chi connectivity index (χ0) is 15.3. The minimum absolute atomic E-state index is 0.00187. The van der Waals surface area contributed by atoms with Gasteiger partial charge in [0.2, 0.25) is 5.91 Å². The average Bonchev–Trinajstić information content (AvgIpc) is 3.21. The molecule has 0 unspecified atom stereocenters. The van der Waals surface area contributed by atoms with Crippen molar-refractivity contribution in [1.82, 2.24) is 0 Å². The van der Waals surface area contributed by atoms with Crippen molar-refractivity contribution < 1.29 is 14.3 Å². The van der Waals surface area contributed by atoms with Gasteiger partial charge in [-0.15, -0.1) is 0 Å². The van der Waals surface area contributed by atoms with Gasteiger partial charge in [-0.05, 0) is 58.7 Å². The van der Waals surface area contributed by atoms with Crippen LogP contribution in [0.5, 0.6) is 0 Å². The predicted molar refractivity (Wildman–Crippen MR) is 93.4 cm³/mol. The number of methoxy groups -OCH3 is 1. The molecule has 1 N–H and O–H groups in total. The maximum Gasteiger partial charge on any atom is 0.306 e. The summed E-state index contributed by atoms with van der Waals surface area (Å²) in [6, 6.07) is 7.69. The monoisotopic (exact) mass is 419 g/mol. The molecule has 1 aliphatic rings. The zero-order valence-electron chi connectivity index (χ0n) is 11.9. The molecule has 0 heterocycles. The lowest BCUT2D eigenvalue weighted by Gasteiger charge is -2.13. The number of carbonyl (C=O) groups excluding carboxylic acids is 2. The van der Waals surface area contributed by atoms with Crippen molar-refractivity contribution in [2.75, 3.05) is 23.9 Å². The molecular formula is C15H18INO3S. The number of para-hydroxylation sites is 1. The van der Waals surface area contributed by atoms with Gasteiger partial charge in [-0.1, -0.05) is 12.1 Å². The Kier molecular flexibility index (Phi) is 5.92. The molecule has 1 aromatic rings. The minimum atomic E-state index is -0.156. The van der Waals surface area contributed by atoms with Crippen LogP contribution in [0.2, 0.25) is 0 Å². The summed E-state index contributed by atoms with van der Waals surface area (Å²) >= 11 is 3.78. The average molecular weight is 419 g/mol. The number of hydrogen-bond acceptors (Lipinski definition) is 4. The van der Waals surface area contributed by atoms with Crippen molar-refractivity contribution in [2.45, 2.75) is 19.3 Å². The summed E-state index contributed by atoms with van der Waals surface area (Å²) < 4.78 is 5.74. The van der Waals surface area contributed by atoms with Crippen molar-refractivity contribution in [3.8, 4) is 0 Å². The molecule has 0 radical (unpaired) electrons.